The van der Waals surface area contributed by atoms with Gasteiger partial charge in [-0.1, -0.05) is 38.4 Å². The van der Waals surface area contributed by atoms with Crippen LogP contribution in [0.5, 0.6) is 0 Å². The Labute approximate surface area is 151 Å². The van der Waals surface area contributed by atoms with E-state index in [1.54, 1.807) is 6.20 Å². The zero-order valence-electron chi connectivity index (χ0n) is 14.3. The van der Waals surface area contributed by atoms with Crippen molar-refractivity contribution >= 4 is 21.6 Å². The molecule has 0 atom stereocenters. The molecular formula is C17H19ClFN3O2S. The molecule has 0 radical (unpaired) electrons. The lowest BCUT2D eigenvalue weighted by molar-refractivity contribution is 0.427. The number of hydrogen-bond acceptors (Lipinski definition) is 4. The summed E-state index contributed by atoms with van der Waals surface area (Å²) in [4.78, 5) is 8.85. The van der Waals surface area contributed by atoms with Gasteiger partial charge in [-0.3, -0.25) is 0 Å². The Bertz CT molecular complexity index is 926. The van der Waals surface area contributed by atoms with Gasteiger partial charge in [0.15, 0.2) is 0 Å². The molecule has 0 fully saturated rings. The molecule has 25 heavy (non-hydrogen) atoms. The number of halogens is 2. The maximum Gasteiger partial charge on any atom is 0.219 e. The van der Waals surface area contributed by atoms with E-state index >= 15 is 0 Å². The fraction of sp³-hybridized carbons (Fsp3) is 0.412. The van der Waals surface area contributed by atoms with E-state index < -0.39 is 21.6 Å². The molecule has 0 saturated heterocycles. The first-order valence-corrected chi connectivity index (χ1v) is 9.82. The molecule has 5 nitrogen and oxygen atoms in total. The van der Waals surface area contributed by atoms with Crippen LogP contribution >= 0.6 is 11.6 Å². The van der Waals surface area contributed by atoms with Crippen molar-refractivity contribution < 1.29 is 12.8 Å². The van der Waals surface area contributed by atoms with E-state index in [4.69, 9.17) is 11.6 Å². The number of benzene rings is 1. The number of aromatic nitrogens is 2. The van der Waals surface area contributed by atoms with Crippen molar-refractivity contribution in [2.45, 2.75) is 45.0 Å². The molecule has 3 rings (SSSR count). The zero-order chi connectivity index (χ0) is 18.4. The summed E-state index contributed by atoms with van der Waals surface area (Å²) in [7, 11) is -3.68. The molecule has 134 valence electrons. The van der Waals surface area contributed by atoms with Gasteiger partial charge in [0, 0.05) is 34.3 Å². The summed E-state index contributed by atoms with van der Waals surface area (Å²) in [5.74, 6) is -0.361. The van der Waals surface area contributed by atoms with Gasteiger partial charge in [-0.2, -0.15) is 4.31 Å². The average Bonchev–Trinajstić information content (AvgIpc) is 2.93. The highest BCUT2D eigenvalue weighted by atomic mass is 35.5. The van der Waals surface area contributed by atoms with Gasteiger partial charge in [-0.25, -0.2) is 22.8 Å². The van der Waals surface area contributed by atoms with Crippen LogP contribution in [-0.4, -0.2) is 22.7 Å². The Morgan fingerprint density at radius 2 is 2.00 bits per heavy atom. The third-order valence-electron chi connectivity index (χ3n) is 4.04. The van der Waals surface area contributed by atoms with Crippen LogP contribution in [0.1, 0.15) is 43.4 Å². The topological polar surface area (TPSA) is 63.2 Å². The number of fused-ring (bicyclic) bond motifs is 1. The molecule has 0 amide bonds. The van der Waals surface area contributed by atoms with E-state index in [0.29, 0.717) is 11.5 Å². The number of sulfonamides is 1. The third kappa shape index (κ3) is 3.83. The van der Waals surface area contributed by atoms with Crippen LogP contribution < -0.4 is 0 Å². The summed E-state index contributed by atoms with van der Waals surface area (Å²) in [5.41, 5.74) is 1.38. The zero-order valence-corrected chi connectivity index (χ0v) is 15.8. The van der Waals surface area contributed by atoms with E-state index in [2.05, 4.69) is 9.97 Å². The predicted molar refractivity (Wildman–Crippen MR) is 94.0 cm³/mol. The maximum absolute atomic E-state index is 13.9. The van der Waals surface area contributed by atoms with Gasteiger partial charge in [-0.15, -0.1) is 0 Å². The van der Waals surface area contributed by atoms with Gasteiger partial charge < -0.3 is 0 Å². The van der Waals surface area contributed by atoms with Crippen LogP contribution in [-0.2, 0) is 34.3 Å². The lowest BCUT2D eigenvalue weighted by atomic mass is 9.95. The minimum atomic E-state index is -3.68. The fourth-order valence-electron chi connectivity index (χ4n) is 2.61. The van der Waals surface area contributed by atoms with Gasteiger partial charge in [0.05, 0.1) is 18.0 Å². The number of hydrogen-bond donors (Lipinski definition) is 0. The Hall–Kier alpha value is -1.57. The molecule has 0 saturated carbocycles. The summed E-state index contributed by atoms with van der Waals surface area (Å²) in [5, 5.41) is 0.234. The average molecular weight is 384 g/mol. The first kappa shape index (κ1) is 18.2. The van der Waals surface area contributed by atoms with Gasteiger partial charge >= 0.3 is 0 Å². The molecule has 1 aliphatic rings. The predicted octanol–water partition coefficient (Wildman–Crippen LogP) is 3.41. The van der Waals surface area contributed by atoms with Crippen molar-refractivity contribution in [3.63, 3.8) is 0 Å². The second-order valence-electron chi connectivity index (χ2n) is 7.18. The molecule has 1 aromatic heterocycles. The van der Waals surface area contributed by atoms with E-state index in [1.165, 1.54) is 16.4 Å². The van der Waals surface area contributed by atoms with Crippen molar-refractivity contribution in [3.05, 3.63) is 57.9 Å². The molecule has 0 unspecified atom stereocenters. The van der Waals surface area contributed by atoms with Crippen molar-refractivity contribution in [2.75, 3.05) is 0 Å². The third-order valence-corrected chi connectivity index (χ3v) is 6.00. The SMILES string of the molecule is CC(C)(C)c1ncc2c(n1)CN(S(=O)(=O)Cc1ccc(Cl)cc1F)C2. The molecule has 8 heteroatoms. The van der Waals surface area contributed by atoms with E-state index in [0.717, 1.165) is 11.6 Å². The highest BCUT2D eigenvalue weighted by Gasteiger charge is 2.32. The van der Waals surface area contributed by atoms with Crippen LogP contribution in [0.25, 0.3) is 0 Å². The second-order valence-corrected chi connectivity index (χ2v) is 9.58. The van der Waals surface area contributed by atoms with Crippen molar-refractivity contribution in [1.82, 2.24) is 14.3 Å². The van der Waals surface area contributed by atoms with Crippen molar-refractivity contribution in [3.8, 4) is 0 Å². The summed E-state index contributed by atoms with van der Waals surface area (Å²) in [6, 6.07) is 4.00. The van der Waals surface area contributed by atoms with Gasteiger partial charge in [-0.05, 0) is 12.1 Å². The molecule has 0 N–H and O–H groups in total. The molecule has 0 aliphatic carbocycles. The van der Waals surface area contributed by atoms with E-state index in [1.807, 2.05) is 20.8 Å². The van der Waals surface area contributed by atoms with Crippen LogP contribution in [0.4, 0.5) is 4.39 Å². The Morgan fingerprint density at radius 1 is 1.28 bits per heavy atom. The molecule has 0 spiro atoms. The molecule has 1 aliphatic heterocycles. The molecular weight excluding hydrogens is 365 g/mol. The summed E-state index contributed by atoms with van der Waals surface area (Å²) in [6.45, 7) is 6.39. The monoisotopic (exact) mass is 383 g/mol. The maximum atomic E-state index is 13.9. The Balaban J connectivity index is 1.82. The number of nitrogens with zero attached hydrogens (tertiary/aromatic N) is 3. The first-order valence-electron chi connectivity index (χ1n) is 7.83. The first-order chi connectivity index (χ1) is 11.6. The lowest BCUT2D eigenvalue weighted by Gasteiger charge is -2.16. The van der Waals surface area contributed by atoms with Gasteiger partial charge in [0.2, 0.25) is 10.0 Å². The van der Waals surface area contributed by atoms with Crippen LogP contribution in [0.3, 0.4) is 0 Å². The van der Waals surface area contributed by atoms with Crippen molar-refractivity contribution in [1.29, 1.82) is 0 Å². The smallest absolute Gasteiger partial charge is 0.219 e. The van der Waals surface area contributed by atoms with Crippen LogP contribution in [0.15, 0.2) is 24.4 Å². The normalized spacial score (nSPS) is 15.4. The quantitative estimate of drug-likeness (QED) is 0.814. The minimum Gasteiger partial charge on any atom is -0.240 e. The largest absolute Gasteiger partial charge is 0.240 e. The highest BCUT2D eigenvalue weighted by Crippen LogP contribution is 2.28. The summed E-state index contributed by atoms with van der Waals surface area (Å²) < 4.78 is 40.6. The lowest BCUT2D eigenvalue weighted by Crippen LogP contribution is -2.27. The van der Waals surface area contributed by atoms with Gasteiger partial charge in [0.1, 0.15) is 11.6 Å². The van der Waals surface area contributed by atoms with Gasteiger partial charge in [0.25, 0.3) is 0 Å². The molecule has 1 aromatic carbocycles. The Kier molecular flexibility index (Phi) is 4.59. The molecule has 0 bridgehead atoms. The highest BCUT2D eigenvalue weighted by molar-refractivity contribution is 7.88. The minimum absolute atomic E-state index is 0.0989. The standard InChI is InChI=1S/C17H19ClFN3O2S/c1-17(2,3)16-20-7-12-8-22(9-15(12)21-16)25(23,24)10-11-4-5-13(18)6-14(11)19/h4-7H,8-10H2,1-3H3. The Morgan fingerprint density at radius 3 is 2.64 bits per heavy atom. The molecule has 2 heterocycles. The van der Waals surface area contributed by atoms with Crippen LogP contribution in [0, 0.1) is 5.82 Å². The summed E-state index contributed by atoms with van der Waals surface area (Å²) >= 11 is 5.71. The van der Waals surface area contributed by atoms with E-state index in [-0.39, 0.29) is 29.1 Å². The second kappa shape index (κ2) is 6.30. The fourth-order valence-corrected chi connectivity index (χ4v) is 4.23. The summed E-state index contributed by atoms with van der Waals surface area (Å²) in [6.07, 6.45) is 1.68. The van der Waals surface area contributed by atoms with Crippen LogP contribution in [0.2, 0.25) is 5.02 Å². The van der Waals surface area contributed by atoms with E-state index in [9.17, 15) is 12.8 Å². The number of rotatable bonds is 3. The molecule has 2 aromatic rings. The van der Waals surface area contributed by atoms with Crippen molar-refractivity contribution in [2.24, 2.45) is 0 Å².